The van der Waals surface area contributed by atoms with Gasteiger partial charge in [0.25, 0.3) is 0 Å². The number of rotatable bonds is 2. The summed E-state index contributed by atoms with van der Waals surface area (Å²) in [5.41, 5.74) is 12.3. The van der Waals surface area contributed by atoms with E-state index in [1.165, 1.54) is 22.3 Å². The third-order valence-corrected chi connectivity index (χ3v) is 3.92. The molecule has 0 radical (unpaired) electrons. The van der Waals surface area contributed by atoms with Crippen LogP contribution in [0, 0.1) is 6.92 Å². The fourth-order valence-corrected chi connectivity index (χ4v) is 2.74. The largest absolute Gasteiger partial charge is 0.398 e. The fourth-order valence-electron chi connectivity index (χ4n) is 2.74. The summed E-state index contributed by atoms with van der Waals surface area (Å²) in [6.07, 6.45) is 4.87. The first-order valence-electron chi connectivity index (χ1n) is 6.72. The monoisotopic (exact) mass is 253 g/mol. The molecule has 3 rings (SSSR count). The molecule has 0 spiro atoms. The van der Waals surface area contributed by atoms with Gasteiger partial charge in [0.1, 0.15) is 0 Å². The average molecular weight is 253 g/mol. The van der Waals surface area contributed by atoms with Crippen LogP contribution in [0.2, 0.25) is 0 Å². The van der Waals surface area contributed by atoms with Crippen LogP contribution in [0.3, 0.4) is 0 Å². The molecule has 2 heterocycles. The van der Waals surface area contributed by atoms with Crippen molar-refractivity contribution in [2.75, 3.05) is 12.3 Å². The zero-order chi connectivity index (χ0) is 13.2. The number of hydrogen-bond acceptors (Lipinski definition) is 3. The van der Waals surface area contributed by atoms with Crippen molar-refractivity contribution in [1.82, 2.24) is 9.88 Å². The second kappa shape index (κ2) is 5.02. The van der Waals surface area contributed by atoms with Crippen LogP contribution >= 0.6 is 0 Å². The van der Waals surface area contributed by atoms with Gasteiger partial charge in [-0.15, -0.1) is 0 Å². The molecule has 1 aliphatic heterocycles. The summed E-state index contributed by atoms with van der Waals surface area (Å²) >= 11 is 0. The number of aromatic nitrogens is 1. The van der Waals surface area contributed by atoms with Gasteiger partial charge in [-0.2, -0.15) is 0 Å². The summed E-state index contributed by atoms with van der Waals surface area (Å²) in [6.45, 7) is 5.16. The van der Waals surface area contributed by atoms with Crippen molar-refractivity contribution in [3.05, 3.63) is 58.9 Å². The molecule has 1 aromatic heterocycles. The maximum Gasteiger partial charge on any atom is 0.0350 e. The van der Waals surface area contributed by atoms with Crippen LogP contribution in [-0.2, 0) is 19.5 Å². The Morgan fingerprint density at radius 3 is 3.05 bits per heavy atom. The Hall–Kier alpha value is -1.87. The Morgan fingerprint density at radius 2 is 2.21 bits per heavy atom. The van der Waals surface area contributed by atoms with Gasteiger partial charge in [0.15, 0.2) is 0 Å². The number of nitrogens with zero attached hydrogens (tertiary/aromatic N) is 2. The number of benzene rings is 1. The highest BCUT2D eigenvalue weighted by Gasteiger charge is 2.18. The van der Waals surface area contributed by atoms with Gasteiger partial charge in [-0.05, 0) is 47.7 Å². The van der Waals surface area contributed by atoms with Crippen molar-refractivity contribution in [3.63, 3.8) is 0 Å². The molecule has 2 N–H and O–H groups in total. The molecule has 98 valence electrons. The van der Waals surface area contributed by atoms with Gasteiger partial charge in [-0.1, -0.05) is 12.1 Å². The van der Waals surface area contributed by atoms with Crippen LogP contribution in [-0.4, -0.2) is 16.4 Å². The normalized spacial score (nSPS) is 15.2. The van der Waals surface area contributed by atoms with Crippen molar-refractivity contribution in [2.24, 2.45) is 0 Å². The van der Waals surface area contributed by atoms with Crippen LogP contribution in [0.5, 0.6) is 0 Å². The van der Waals surface area contributed by atoms with Gasteiger partial charge in [0.2, 0.25) is 0 Å². The summed E-state index contributed by atoms with van der Waals surface area (Å²) < 4.78 is 0. The van der Waals surface area contributed by atoms with E-state index in [1.54, 1.807) is 0 Å². The molecule has 0 bridgehead atoms. The van der Waals surface area contributed by atoms with Crippen LogP contribution in [0.15, 0.2) is 36.7 Å². The van der Waals surface area contributed by atoms with E-state index >= 15 is 0 Å². The van der Waals surface area contributed by atoms with E-state index in [0.717, 1.165) is 31.7 Å². The third kappa shape index (κ3) is 2.47. The molecule has 0 amide bonds. The summed E-state index contributed by atoms with van der Waals surface area (Å²) in [5.74, 6) is 0. The fraction of sp³-hybridized carbons (Fsp3) is 0.312. The Morgan fingerprint density at radius 1 is 1.32 bits per heavy atom. The highest BCUT2D eigenvalue weighted by molar-refractivity contribution is 5.51. The van der Waals surface area contributed by atoms with Crippen molar-refractivity contribution in [2.45, 2.75) is 26.4 Å². The Bertz CT molecular complexity index is 592. The number of hydrogen-bond donors (Lipinski definition) is 1. The predicted molar refractivity (Wildman–Crippen MR) is 77.6 cm³/mol. The van der Waals surface area contributed by atoms with Crippen molar-refractivity contribution < 1.29 is 0 Å². The molecule has 0 atom stereocenters. The van der Waals surface area contributed by atoms with Crippen molar-refractivity contribution in [3.8, 4) is 0 Å². The zero-order valence-corrected chi connectivity index (χ0v) is 11.3. The number of anilines is 1. The Balaban J connectivity index is 1.78. The minimum absolute atomic E-state index is 0.940. The maximum atomic E-state index is 6.03. The number of nitrogen functional groups attached to an aromatic ring is 1. The van der Waals surface area contributed by atoms with Crippen LogP contribution < -0.4 is 5.73 Å². The molecule has 1 aromatic carbocycles. The lowest BCUT2D eigenvalue weighted by atomic mass is 9.97. The summed E-state index contributed by atoms with van der Waals surface area (Å²) in [7, 11) is 0. The SMILES string of the molecule is Cc1ccncc1CN1CCc2c(N)cccc2C1. The quantitative estimate of drug-likeness (QED) is 0.836. The van der Waals surface area contributed by atoms with Crippen LogP contribution in [0.4, 0.5) is 5.69 Å². The highest BCUT2D eigenvalue weighted by Crippen LogP contribution is 2.25. The van der Waals surface area contributed by atoms with Crippen LogP contribution in [0.1, 0.15) is 22.3 Å². The lowest BCUT2D eigenvalue weighted by molar-refractivity contribution is 0.245. The molecule has 3 nitrogen and oxygen atoms in total. The third-order valence-electron chi connectivity index (χ3n) is 3.92. The first-order chi connectivity index (χ1) is 9.24. The minimum Gasteiger partial charge on any atom is -0.398 e. The summed E-state index contributed by atoms with van der Waals surface area (Å²) in [4.78, 5) is 6.69. The maximum absolute atomic E-state index is 6.03. The van der Waals surface area contributed by atoms with Gasteiger partial charge in [0.05, 0.1) is 0 Å². The van der Waals surface area contributed by atoms with Gasteiger partial charge in [-0.25, -0.2) is 0 Å². The topological polar surface area (TPSA) is 42.2 Å². The van der Waals surface area contributed by atoms with Gasteiger partial charge in [-0.3, -0.25) is 9.88 Å². The minimum atomic E-state index is 0.940. The Kier molecular flexibility index (Phi) is 3.22. The van der Waals surface area contributed by atoms with Gasteiger partial charge in [0, 0.05) is 37.7 Å². The van der Waals surface area contributed by atoms with E-state index in [9.17, 15) is 0 Å². The first-order valence-corrected chi connectivity index (χ1v) is 6.72. The number of nitrogens with two attached hydrogens (primary N) is 1. The average Bonchev–Trinajstić information content (AvgIpc) is 2.42. The number of aryl methyl sites for hydroxylation is 1. The van der Waals surface area contributed by atoms with E-state index in [2.05, 4.69) is 28.9 Å². The summed E-state index contributed by atoms with van der Waals surface area (Å²) in [6, 6.07) is 8.31. The molecule has 0 saturated carbocycles. The Labute approximate surface area is 114 Å². The molecule has 19 heavy (non-hydrogen) atoms. The lowest BCUT2D eigenvalue weighted by Gasteiger charge is -2.29. The predicted octanol–water partition coefficient (Wildman–Crippen LogP) is 2.53. The second-order valence-electron chi connectivity index (χ2n) is 5.25. The van der Waals surface area contributed by atoms with Crippen molar-refractivity contribution >= 4 is 5.69 Å². The van der Waals surface area contributed by atoms with E-state index < -0.39 is 0 Å². The molecule has 0 aliphatic carbocycles. The lowest BCUT2D eigenvalue weighted by Crippen LogP contribution is -2.30. The van der Waals surface area contributed by atoms with E-state index in [4.69, 9.17) is 5.73 Å². The standard InChI is InChI=1S/C16H19N3/c1-12-5-7-18-9-14(12)11-19-8-6-15-13(10-19)3-2-4-16(15)17/h2-5,7,9H,6,8,10-11,17H2,1H3. The zero-order valence-electron chi connectivity index (χ0n) is 11.3. The molecular formula is C16H19N3. The number of pyridine rings is 1. The van der Waals surface area contributed by atoms with Crippen molar-refractivity contribution in [1.29, 1.82) is 0 Å². The molecule has 0 fully saturated rings. The molecule has 1 aliphatic rings. The first kappa shape index (κ1) is 12.2. The van der Waals surface area contributed by atoms with E-state index in [-0.39, 0.29) is 0 Å². The smallest absolute Gasteiger partial charge is 0.0350 e. The van der Waals surface area contributed by atoms with Crippen LogP contribution in [0.25, 0.3) is 0 Å². The van der Waals surface area contributed by atoms with E-state index in [1.807, 2.05) is 24.5 Å². The molecule has 2 aromatic rings. The summed E-state index contributed by atoms with van der Waals surface area (Å²) in [5, 5.41) is 0. The van der Waals surface area contributed by atoms with Gasteiger partial charge >= 0.3 is 0 Å². The molecular weight excluding hydrogens is 234 g/mol. The molecule has 3 heteroatoms. The van der Waals surface area contributed by atoms with E-state index in [0.29, 0.717) is 0 Å². The molecule has 0 unspecified atom stereocenters. The van der Waals surface area contributed by atoms with Gasteiger partial charge < -0.3 is 5.73 Å². The number of fused-ring (bicyclic) bond motifs is 1. The molecule has 0 saturated heterocycles. The highest BCUT2D eigenvalue weighted by atomic mass is 15.1. The second-order valence-corrected chi connectivity index (χ2v) is 5.25.